The van der Waals surface area contributed by atoms with Crippen molar-refractivity contribution in [2.45, 2.75) is 45.8 Å². The van der Waals surface area contributed by atoms with E-state index in [0.29, 0.717) is 30.6 Å². The minimum Gasteiger partial charge on any atom is -0.377 e. The van der Waals surface area contributed by atoms with Crippen molar-refractivity contribution in [1.29, 1.82) is 0 Å². The summed E-state index contributed by atoms with van der Waals surface area (Å²) in [5.74, 6) is 0.201. The van der Waals surface area contributed by atoms with Crippen LogP contribution in [-0.2, 0) is 4.74 Å². The largest absolute Gasteiger partial charge is 0.377 e. The van der Waals surface area contributed by atoms with Crippen LogP contribution in [0.25, 0.3) is 10.9 Å². The summed E-state index contributed by atoms with van der Waals surface area (Å²) >= 11 is 0. The third kappa shape index (κ3) is 6.63. The standard InChI is InChI=1S/C31H40N8O3/c1-5-36-13-10-25(11-14-36)39-21-24(20-34-39)30(40)35-29-19-27(8-12-33-29)37(16-17-42-22(2)3)26-6-7-28-23(18-26)9-15-38(28)31(41)32-4/h6-9,12,15,18-22,25H,5,10-11,13-14,16-17H2,1-4H3,(H,32,41)(H,33,35,40). The number of piperidine rings is 1. The summed E-state index contributed by atoms with van der Waals surface area (Å²) in [6, 6.07) is 11.8. The summed E-state index contributed by atoms with van der Waals surface area (Å²) in [5, 5.41) is 11.0. The molecule has 11 heteroatoms. The van der Waals surface area contributed by atoms with Crippen molar-refractivity contribution < 1.29 is 14.3 Å². The van der Waals surface area contributed by atoms with Crippen LogP contribution in [0.5, 0.6) is 0 Å². The van der Waals surface area contributed by atoms with Crippen LogP contribution in [0.1, 0.15) is 50.0 Å². The smallest absolute Gasteiger partial charge is 0.325 e. The number of anilines is 3. The first-order chi connectivity index (χ1) is 20.4. The number of benzene rings is 1. The lowest BCUT2D eigenvalue weighted by Crippen LogP contribution is -2.34. The number of hydrogen-bond acceptors (Lipinski definition) is 7. The van der Waals surface area contributed by atoms with Crippen LogP contribution < -0.4 is 15.5 Å². The Bertz CT molecular complexity index is 1520. The molecule has 0 radical (unpaired) electrons. The summed E-state index contributed by atoms with van der Waals surface area (Å²) < 4.78 is 9.39. The van der Waals surface area contributed by atoms with Gasteiger partial charge in [-0.3, -0.25) is 14.0 Å². The van der Waals surface area contributed by atoms with Crippen LogP contribution in [0.15, 0.2) is 61.2 Å². The average Bonchev–Trinajstić information content (AvgIpc) is 3.67. The van der Waals surface area contributed by atoms with Gasteiger partial charge in [-0.2, -0.15) is 5.10 Å². The van der Waals surface area contributed by atoms with Crippen LogP contribution in [0, 0.1) is 0 Å². The Hall–Kier alpha value is -4.22. The maximum atomic E-state index is 13.2. The van der Waals surface area contributed by atoms with Gasteiger partial charge in [0.25, 0.3) is 5.91 Å². The van der Waals surface area contributed by atoms with Gasteiger partial charge in [-0.1, -0.05) is 6.92 Å². The van der Waals surface area contributed by atoms with Gasteiger partial charge >= 0.3 is 6.03 Å². The SMILES string of the molecule is CCN1CCC(n2cc(C(=O)Nc3cc(N(CCOC(C)C)c4ccc5c(ccn5C(=O)NC)c4)ccn3)cn2)CC1. The van der Waals surface area contributed by atoms with Crippen molar-refractivity contribution >= 4 is 40.0 Å². The Kier molecular flexibility index (Phi) is 9.19. The molecule has 4 heterocycles. The highest BCUT2D eigenvalue weighted by Gasteiger charge is 2.21. The molecule has 11 nitrogen and oxygen atoms in total. The first kappa shape index (κ1) is 29.3. The number of ether oxygens (including phenoxy) is 1. The first-order valence-corrected chi connectivity index (χ1v) is 14.6. The normalized spacial score (nSPS) is 14.4. The number of hydrogen-bond donors (Lipinski definition) is 2. The highest BCUT2D eigenvalue weighted by molar-refractivity contribution is 6.03. The number of carbonyl (C=O) groups excluding carboxylic acids is 2. The molecular formula is C31H40N8O3. The molecule has 0 unspecified atom stereocenters. The maximum absolute atomic E-state index is 13.2. The molecule has 2 amide bonds. The van der Waals surface area contributed by atoms with Crippen LogP contribution in [0.2, 0.25) is 0 Å². The fraction of sp³-hybridized carbons (Fsp3) is 0.419. The molecule has 222 valence electrons. The Labute approximate surface area is 246 Å². The van der Waals surface area contributed by atoms with E-state index in [0.717, 1.165) is 54.8 Å². The van der Waals surface area contributed by atoms with E-state index in [-0.39, 0.29) is 18.0 Å². The molecule has 0 spiro atoms. The highest BCUT2D eigenvalue weighted by atomic mass is 16.5. The molecule has 0 aliphatic carbocycles. The number of pyridine rings is 1. The molecular weight excluding hydrogens is 532 g/mol. The summed E-state index contributed by atoms with van der Waals surface area (Å²) in [5.41, 5.74) is 3.11. The monoisotopic (exact) mass is 572 g/mol. The molecule has 0 atom stereocenters. The zero-order valence-corrected chi connectivity index (χ0v) is 24.8. The van der Waals surface area contributed by atoms with Crippen LogP contribution in [0.4, 0.5) is 22.0 Å². The summed E-state index contributed by atoms with van der Waals surface area (Å²) in [6.45, 7) is 10.4. The minimum absolute atomic E-state index is 0.100. The van der Waals surface area contributed by atoms with Gasteiger partial charge in [0.1, 0.15) is 5.82 Å². The Morgan fingerprint density at radius 1 is 1.12 bits per heavy atom. The third-order valence-electron chi connectivity index (χ3n) is 7.72. The average molecular weight is 573 g/mol. The fourth-order valence-electron chi connectivity index (χ4n) is 5.38. The molecule has 42 heavy (non-hydrogen) atoms. The lowest BCUT2D eigenvalue weighted by molar-refractivity contribution is 0.0851. The Balaban J connectivity index is 1.34. The van der Waals surface area contributed by atoms with E-state index in [4.69, 9.17) is 4.74 Å². The van der Waals surface area contributed by atoms with E-state index in [2.05, 4.69) is 37.4 Å². The molecule has 3 aromatic heterocycles. The molecule has 0 saturated carbocycles. The first-order valence-electron chi connectivity index (χ1n) is 14.6. The molecule has 1 fully saturated rings. The molecule has 1 aliphatic heterocycles. The third-order valence-corrected chi connectivity index (χ3v) is 7.72. The number of nitrogens with one attached hydrogen (secondary N) is 2. The van der Waals surface area contributed by atoms with Crippen LogP contribution in [-0.4, -0.2) is 82.1 Å². The number of fused-ring (bicyclic) bond motifs is 1. The van der Waals surface area contributed by atoms with Gasteiger partial charge in [0.2, 0.25) is 0 Å². The second-order valence-electron chi connectivity index (χ2n) is 10.8. The van der Waals surface area contributed by atoms with Crippen molar-refractivity contribution in [2.75, 3.05) is 50.1 Å². The molecule has 2 N–H and O–H groups in total. The van der Waals surface area contributed by atoms with Crippen molar-refractivity contribution in [2.24, 2.45) is 0 Å². The van der Waals surface area contributed by atoms with Crippen molar-refractivity contribution in [3.8, 4) is 0 Å². The fourth-order valence-corrected chi connectivity index (χ4v) is 5.38. The molecule has 5 rings (SSSR count). The lowest BCUT2D eigenvalue weighted by Gasteiger charge is -2.31. The van der Waals surface area contributed by atoms with Crippen molar-refractivity contribution in [1.82, 2.24) is 29.5 Å². The van der Waals surface area contributed by atoms with Gasteiger partial charge in [-0.05, 0) is 63.6 Å². The second kappa shape index (κ2) is 13.2. The topological polar surface area (TPSA) is 110 Å². The Morgan fingerprint density at radius 2 is 1.90 bits per heavy atom. The number of likely N-dealkylation sites (tertiary alicyclic amines) is 1. The number of rotatable bonds is 10. The summed E-state index contributed by atoms with van der Waals surface area (Å²) in [4.78, 5) is 34.4. The van der Waals surface area contributed by atoms with Crippen molar-refractivity contribution in [3.63, 3.8) is 0 Å². The quantitative estimate of drug-likeness (QED) is 0.278. The molecule has 1 saturated heterocycles. The molecule has 4 aromatic rings. The van der Waals surface area contributed by atoms with Crippen LogP contribution >= 0.6 is 0 Å². The van der Waals surface area contributed by atoms with Gasteiger partial charge in [0, 0.05) is 68.1 Å². The highest BCUT2D eigenvalue weighted by Crippen LogP contribution is 2.30. The summed E-state index contributed by atoms with van der Waals surface area (Å²) in [7, 11) is 1.61. The van der Waals surface area contributed by atoms with Gasteiger partial charge in [-0.25, -0.2) is 9.78 Å². The zero-order chi connectivity index (χ0) is 29.6. The van der Waals surface area contributed by atoms with E-state index in [1.54, 1.807) is 30.2 Å². The van der Waals surface area contributed by atoms with Gasteiger partial charge in [0.15, 0.2) is 0 Å². The number of nitrogens with zero attached hydrogens (tertiary/aromatic N) is 6. The maximum Gasteiger partial charge on any atom is 0.325 e. The zero-order valence-electron chi connectivity index (χ0n) is 24.8. The van der Waals surface area contributed by atoms with Crippen LogP contribution in [0.3, 0.4) is 0 Å². The van der Waals surface area contributed by atoms with Gasteiger partial charge < -0.3 is 25.2 Å². The second-order valence-corrected chi connectivity index (χ2v) is 10.8. The van der Waals surface area contributed by atoms with E-state index in [1.165, 1.54) is 0 Å². The molecule has 1 aromatic carbocycles. The van der Waals surface area contributed by atoms with Gasteiger partial charge in [0.05, 0.1) is 36.0 Å². The molecule has 1 aliphatic rings. The molecule has 0 bridgehead atoms. The number of amides is 2. The number of carbonyl (C=O) groups is 2. The lowest BCUT2D eigenvalue weighted by atomic mass is 10.1. The van der Waals surface area contributed by atoms with Crippen molar-refractivity contribution in [3.05, 3.63) is 66.7 Å². The van der Waals surface area contributed by atoms with E-state index < -0.39 is 0 Å². The van der Waals surface area contributed by atoms with E-state index >= 15 is 0 Å². The van der Waals surface area contributed by atoms with Gasteiger partial charge in [-0.15, -0.1) is 0 Å². The predicted octanol–water partition coefficient (Wildman–Crippen LogP) is 4.89. The Morgan fingerprint density at radius 3 is 2.64 bits per heavy atom. The van der Waals surface area contributed by atoms with E-state index in [1.807, 2.05) is 61.1 Å². The predicted molar refractivity (Wildman–Crippen MR) is 165 cm³/mol. The van der Waals surface area contributed by atoms with E-state index in [9.17, 15) is 9.59 Å². The minimum atomic E-state index is -0.247. The number of aromatic nitrogens is 4. The summed E-state index contributed by atoms with van der Waals surface area (Å²) in [6.07, 6.45) is 9.06.